The highest BCUT2D eigenvalue weighted by Crippen LogP contribution is 2.07. The van der Waals surface area contributed by atoms with E-state index in [0.717, 1.165) is 0 Å². The van der Waals surface area contributed by atoms with E-state index in [9.17, 15) is 13.8 Å². The zero-order valence-electron chi connectivity index (χ0n) is 8.99. The molecule has 2 unspecified atom stereocenters. The first kappa shape index (κ1) is 12.2. The second kappa shape index (κ2) is 5.25. The molecule has 1 aliphatic heterocycles. The van der Waals surface area contributed by atoms with Crippen molar-refractivity contribution in [3.8, 4) is 0 Å². The highest BCUT2D eigenvalue weighted by molar-refractivity contribution is 7.84. The molecule has 3 amide bonds. The van der Waals surface area contributed by atoms with Gasteiger partial charge in [0.25, 0.3) is 0 Å². The molecule has 0 aromatic carbocycles. The predicted molar refractivity (Wildman–Crippen MR) is 57.8 cm³/mol. The number of amides is 3. The Hall–Kier alpha value is -0.910. The fraction of sp³-hybridized carbons (Fsp3) is 0.778. The Morgan fingerprint density at radius 2 is 2.20 bits per heavy atom. The van der Waals surface area contributed by atoms with E-state index in [4.69, 9.17) is 0 Å². The quantitative estimate of drug-likeness (QED) is 0.738. The van der Waals surface area contributed by atoms with Crippen LogP contribution in [0.1, 0.15) is 13.3 Å². The third-order valence-electron chi connectivity index (χ3n) is 2.32. The van der Waals surface area contributed by atoms with Gasteiger partial charge in [0.2, 0.25) is 5.91 Å². The lowest BCUT2D eigenvalue weighted by Gasteiger charge is -2.30. The molecule has 0 aromatic rings. The number of hydrogen-bond donors (Lipinski definition) is 1. The lowest BCUT2D eigenvalue weighted by molar-refractivity contribution is -0.125. The Bertz CT molecular complexity index is 293. The van der Waals surface area contributed by atoms with E-state index in [1.807, 2.05) is 0 Å². The monoisotopic (exact) mass is 232 g/mol. The summed E-state index contributed by atoms with van der Waals surface area (Å²) in [5.74, 6) is 0.219. The molecular weight excluding hydrogens is 216 g/mol. The van der Waals surface area contributed by atoms with Gasteiger partial charge in [-0.15, -0.1) is 0 Å². The van der Waals surface area contributed by atoms with E-state index in [0.29, 0.717) is 25.3 Å². The predicted octanol–water partition coefficient (Wildman–Crippen LogP) is -0.0571. The number of hydrogen-bond acceptors (Lipinski definition) is 3. The molecule has 1 rings (SSSR count). The summed E-state index contributed by atoms with van der Waals surface area (Å²) in [6, 6.07) is -0.333. The van der Waals surface area contributed by atoms with Gasteiger partial charge in [-0.1, -0.05) is 6.92 Å². The molecule has 6 heteroatoms. The van der Waals surface area contributed by atoms with Crippen molar-refractivity contribution in [3.05, 3.63) is 0 Å². The minimum absolute atomic E-state index is 0.158. The summed E-state index contributed by atoms with van der Waals surface area (Å²) in [4.78, 5) is 24.1. The Balaban J connectivity index is 2.38. The summed E-state index contributed by atoms with van der Waals surface area (Å²) < 4.78 is 10.8. The standard InChI is InChI=1S/C9H16N2O3S/c1-7-6-11(4-3-5-15(2)14)9(13)10-8(7)12/h7H,3-6H2,1-2H3,(H,10,12,13). The van der Waals surface area contributed by atoms with E-state index >= 15 is 0 Å². The Kier molecular flexibility index (Phi) is 4.26. The molecule has 0 bridgehead atoms. The van der Waals surface area contributed by atoms with Crippen LogP contribution in [0, 0.1) is 5.92 Å². The minimum atomic E-state index is -0.822. The maximum Gasteiger partial charge on any atom is 0.324 e. The van der Waals surface area contributed by atoms with Crippen LogP contribution in [0.4, 0.5) is 4.79 Å². The minimum Gasteiger partial charge on any atom is -0.324 e. The van der Waals surface area contributed by atoms with E-state index < -0.39 is 10.8 Å². The van der Waals surface area contributed by atoms with Gasteiger partial charge in [-0.3, -0.25) is 14.3 Å². The fourth-order valence-corrected chi connectivity index (χ4v) is 1.99. The molecule has 86 valence electrons. The van der Waals surface area contributed by atoms with Gasteiger partial charge in [-0.05, 0) is 6.42 Å². The van der Waals surface area contributed by atoms with Crippen LogP contribution in [0.15, 0.2) is 0 Å². The highest BCUT2D eigenvalue weighted by atomic mass is 32.2. The van der Waals surface area contributed by atoms with Gasteiger partial charge in [-0.2, -0.15) is 0 Å². The SMILES string of the molecule is CC1CN(CCCS(C)=O)C(=O)NC1=O. The molecule has 1 saturated heterocycles. The lowest BCUT2D eigenvalue weighted by Crippen LogP contribution is -2.53. The first-order valence-electron chi connectivity index (χ1n) is 4.90. The van der Waals surface area contributed by atoms with Crippen molar-refractivity contribution in [1.82, 2.24) is 10.2 Å². The smallest absolute Gasteiger partial charge is 0.324 e. The normalized spacial score (nSPS) is 23.9. The fourth-order valence-electron chi connectivity index (χ4n) is 1.46. The lowest BCUT2D eigenvalue weighted by atomic mass is 10.1. The summed E-state index contributed by atoms with van der Waals surface area (Å²) in [7, 11) is -0.822. The van der Waals surface area contributed by atoms with Crippen LogP contribution in [0.5, 0.6) is 0 Å². The van der Waals surface area contributed by atoms with Crippen molar-refractivity contribution < 1.29 is 13.8 Å². The van der Waals surface area contributed by atoms with Crippen LogP contribution in [-0.2, 0) is 15.6 Å². The van der Waals surface area contributed by atoms with E-state index in [-0.39, 0.29) is 17.9 Å². The first-order valence-corrected chi connectivity index (χ1v) is 6.63. The average Bonchev–Trinajstić information content (AvgIpc) is 2.13. The molecule has 0 aromatic heterocycles. The van der Waals surface area contributed by atoms with Gasteiger partial charge < -0.3 is 4.90 Å². The summed E-state index contributed by atoms with van der Waals surface area (Å²) in [5.41, 5.74) is 0. The molecule has 2 atom stereocenters. The van der Waals surface area contributed by atoms with Gasteiger partial charge in [0.1, 0.15) is 0 Å². The van der Waals surface area contributed by atoms with Crippen LogP contribution in [0.2, 0.25) is 0 Å². The van der Waals surface area contributed by atoms with Crippen LogP contribution >= 0.6 is 0 Å². The summed E-state index contributed by atoms with van der Waals surface area (Å²) >= 11 is 0. The maximum absolute atomic E-state index is 11.3. The first-order chi connectivity index (χ1) is 7.00. The van der Waals surface area contributed by atoms with Crippen LogP contribution < -0.4 is 5.32 Å². The van der Waals surface area contributed by atoms with Gasteiger partial charge >= 0.3 is 6.03 Å². The summed E-state index contributed by atoms with van der Waals surface area (Å²) in [6.45, 7) is 2.80. The number of carbonyl (C=O) groups excluding carboxylic acids is 2. The molecular formula is C9H16N2O3S. The number of imide groups is 1. The van der Waals surface area contributed by atoms with Crippen LogP contribution in [-0.4, -0.2) is 46.1 Å². The number of urea groups is 1. The second-order valence-corrected chi connectivity index (χ2v) is 5.33. The molecule has 0 spiro atoms. The topological polar surface area (TPSA) is 66.5 Å². The molecule has 1 aliphatic rings. The Morgan fingerprint density at radius 3 is 2.80 bits per heavy atom. The third-order valence-corrected chi connectivity index (χ3v) is 3.18. The van der Waals surface area contributed by atoms with Gasteiger partial charge in [0, 0.05) is 35.9 Å². The molecule has 0 aliphatic carbocycles. The van der Waals surface area contributed by atoms with E-state index in [1.165, 1.54) is 0 Å². The number of carbonyl (C=O) groups is 2. The molecule has 0 radical (unpaired) electrons. The van der Waals surface area contributed by atoms with Crippen molar-refractivity contribution in [2.75, 3.05) is 25.1 Å². The molecule has 1 fully saturated rings. The third kappa shape index (κ3) is 3.62. The molecule has 15 heavy (non-hydrogen) atoms. The Morgan fingerprint density at radius 1 is 1.53 bits per heavy atom. The maximum atomic E-state index is 11.3. The number of rotatable bonds is 4. The summed E-state index contributed by atoms with van der Waals surface area (Å²) in [5, 5.41) is 2.29. The molecule has 0 saturated carbocycles. The average molecular weight is 232 g/mol. The molecule has 5 nitrogen and oxygen atoms in total. The molecule has 1 heterocycles. The van der Waals surface area contributed by atoms with Gasteiger partial charge in [0.15, 0.2) is 0 Å². The van der Waals surface area contributed by atoms with Crippen molar-refractivity contribution in [3.63, 3.8) is 0 Å². The van der Waals surface area contributed by atoms with E-state index in [1.54, 1.807) is 18.1 Å². The second-order valence-electron chi connectivity index (χ2n) is 3.77. The summed E-state index contributed by atoms with van der Waals surface area (Å²) in [6.07, 6.45) is 2.35. The van der Waals surface area contributed by atoms with Gasteiger partial charge in [-0.25, -0.2) is 4.79 Å². The zero-order chi connectivity index (χ0) is 11.4. The number of nitrogens with one attached hydrogen (secondary N) is 1. The van der Waals surface area contributed by atoms with Crippen molar-refractivity contribution in [2.45, 2.75) is 13.3 Å². The van der Waals surface area contributed by atoms with Crippen molar-refractivity contribution in [2.24, 2.45) is 5.92 Å². The van der Waals surface area contributed by atoms with E-state index in [2.05, 4.69) is 5.32 Å². The van der Waals surface area contributed by atoms with Crippen LogP contribution in [0.25, 0.3) is 0 Å². The Labute approximate surface area is 91.7 Å². The number of nitrogens with zero attached hydrogens (tertiary/aromatic N) is 1. The van der Waals surface area contributed by atoms with Crippen LogP contribution in [0.3, 0.4) is 0 Å². The highest BCUT2D eigenvalue weighted by Gasteiger charge is 2.28. The van der Waals surface area contributed by atoms with Gasteiger partial charge in [0.05, 0.1) is 5.92 Å². The largest absolute Gasteiger partial charge is 0.324 e. The zero-order valence-corrected chi connectivity index (χ0v) is 9.80. The van der Waals surface area contributed by atoms with Crippen molar-refractivity contribution in [1.29, 1.82) is 0 Å². The molecule has 1 N–H and O–H groups in total. The van der Waals surface area contributed by atoms with Crippen molar-refractivity contribution >= 4 is 22.7 Å².